The summed E-state index contributed by atoms with van der Waals surface area (Å²) in [7, 11) is 0. The summed E-state index contributed by atoms with van der Waals surface area (Å²) in [5.74, 6) is 1.52. The molecular formula is C18H25N5O. The van der Waals surface area contributed by atoms with E-state index in [0.717, 1.165) is 25.1 Å². The maximum absolute atomic E-state index is 11.9. The zero-order valence-electron chi connectivity index (χ0n) is 14.2. The summed E-state index contributed by atoms with van der Waals surface area (Å²) in [5.41, 5.74) is 2.92. The predicted octanol–water partition coefficient (Wildman–Crippen LogP) is 2.26. The van der Waals surface area contributed by atoms with Gasteiger partial charge in [0.05, 0.1) is 0 Å². The number of hydrogen-bond donors (Lipinski definition) is 2. The fourth-order valence-corrected chi connectivity index (χ4v) is 3.40. The molecule has 1 aliphatic rings. The molecule has 6 heteroatoms. The minimum absolute atomic E-state index is 0.104. The molecule has 24 heavy (non-hydrogen) atoms. The molecule has 0 saturated heterocycles. The van der Waals surface area contributed by atoms with E-state index in [1.165, 1.54) is 17.5 Å². The molecule has 1 aromatic heterocycles. The quantitative estimate of drug-likeness (QED) is 0.819. The molecule has 3 rings (SSSR count). The van der Waals surface area contributed by atoms with Crippen molar-refractivity contribution in [1.29, 1.82) is 0 Å². The van der Waals surface area contributed by atoms with Crippen LogP contribution < -0.4 is 10.6 Å². The molecule has 128 valence electrons. The summed E-state index contributed by atoms with van der Waals surface area (Å²) in [6, 6.07) is 8.54. The molecule has 0 fully saturated rings. The number of carbonyl (C=O) groups excluding carboxylic acids is 1. The van der Waals surface area contributed by atoms with Gasteiger partial charge in [-0.05, 0) is 36.3 Å². The van der Waals surface area contributed by atoms with Crippen LogP contribution in [0, 0.1) is 0 Å². The van der Waals surface area contributed by atoms with Crippen molar-refractivity contribution in [2.75, 3.05) is 13.1 Å². The summed E-state index contributed by atoms with van der Waals surface area (Å²) < 4.78 is 1.97. The summed E-state index contributed by atoms with van der Waals surface area (Å²) in [4.78, 5) is 11.9. The van der Waals surface area contributed by atoms with E-state index in [1.54, 1.807) is 6.33 Å². The first-order valence-electron chi connectivity index (χ1n) is 8.74. The lowest BCUT2D eigenvalue weighted by Gasteiger charge is -2.13. The second kappa shape index (κ2) is 7.95. The third kappa shape index (κ3) is 3.93. The lowest BCUT2D eigenvalue weighted by molar-refractivity contribution is 0.240. The molecule has 0 aliphatic heterocycles. The lowest BCUT2D eigenvalue weighted by atomic mass is 9.98. The fraction of sp³-hybridized carbons (Fsp3) is 0.500. The van der Waals surface area contributed by atoms with Gasteiger partial charge >= 0.3 is 6.03 Å². The maximum atomic E-state index is 11.9. The molecule has 2 amide bonds. The first kappa shape index (κ1) is 16.5. The van der Waals surface area contributed by atoms with Gasteiger partial charge in [0.15, 0.2) is 0 Å². The van der Waals surface area contributed by atoms with Crippen molar-refractivity contribution in [3.63, 3.8) is 0 Å². The summed E-state index contributed by atoms with van der Waals surface area (Å²) in [6.07, 6.45) is 5.89. The van der Waals surface area contributed by atoms with E-state index >= 15 is 0 Å². The van der Waals surface area contributed by atoms with Gasteiger partial charge in [-0.1, -0.05) is 31.2 Å². The number of amides is 2. The lowest BCUT2D eigenvalue weighted by Crippen LogP contribution is -2.38. The third-order valence-electron chi connectivity index (χ3n) is 4.69. The molecule has 1 aliphatic carbocycles. The molecule has 2 N–H and O–H groups in total. The largest absolute Gasteiger partial charge is 0.338 e. The normalized spacial score (nSPS) is 16.0. The number of nitrogens with one attached hydrogen (secondary N) is 2. The highest BCUT2D eigenvalue weighted by Gasteiger charge is 2.21. The second-order valence-corrected chi connectivity index (χ2v) is 6.20. The number of fused-ring (bicyclic) bond motifs is 1. The van der Waals surface area contributed by atoms with E-state index in [4.69, 9.17) is 0 Å². The summed E-state index contributed by atoms with van der Waals surface area (Å²) in [6.45, 7) is 4.02. The van der Waals surface area contributed by atoms with Crippen LogP contribution in [0.3, 0.4) is 0 Å². The molecule has 2 aromatic rings. The number of benzene rings is 1. The number of aromatic nitrogens is 3. The number of nitrogens with zero attached hydrogens (tertiary/aromatic N) is 3. The zero-order valence-corrected chi connectivity index (χ0v) is 14.2. The van der Waals surface area contributed by atoms with Gasteiger partial charge in [0.1, 0.15) is 12.2 Å². The van der Waals surface area contributed by atoms with E-state index in [9.17, 15) is 4.79 Å². The van der Waals surface area contributed by atoms with Crippen LogP contribution in [0.15, 0.2) is 30.6 Å². The Morgan fingerprint density at radius 2 is 2.12 bits per heavy atom. The third-order valence-corrected chi connectivity index (χ3v) is 4.69. The standard InChI is InChI=1S/C18H25N5O/c1-2-17-22-21-13-23(17)12-11-20-18(24)19-10-9-15-8-7-14-5-3-4-6-16(14)15/h3-6,13,15H,2,7-12H2,1H3,(H2,19,20,24)/t15-/m1/s1. The molecule has 0 unspecified atom stereocenters. The van der Waals surface area contributed by atoms with Gasteiger partial charge in [0.2, 0.25) is 0 Å². The Morgan fingerprint density at radius 3 is 3.00 bits per heavy atom. The van der Waals surface area contributed by atoms with Crippen LogP contribution in [-0.4, -0.2) is 33.9 Å². The molecule has 1 heterocycles. The Bertz CT molecular complexity index is 682. The Hall–Kier alpha value is -2.37. The van der Waals surface area contributed by atoms with Gasteiger partial charge in [0, 0.05) is 26.1 Å². The molecule has 6 nitrogen and oxygen atoms in total. The van der Waals surface area contributed by atoms with Gasteiger partial charge in [0.25, 0.3) is 0 Å². The monoisotopic (exact) mass is 327 g/mol. The van der Waals surface area contributed by atoms with Crippen molar-refractivity contribution in [1.82, 2.24) is 25.4 Å². The molecule has 1 aromatic carbocycles. The Morgan fingerprint density at radius 1 is 1.29 bits per heavy atom. The van der Waals surface area contributed by atoms with Gasteiger partial charge in [-0.2, -0.15) is 0 Å². The Labute approximate surface area is 142 Å². The maximum Gasteiger partial charge on any atom is 0.314 e. The number of rotatable bonds is 7. The average Bonchev–Trinajstić information content (AvgIpc) is 3.22. The predicted molar refractivity (Wildman–Crippen MR) is 92.9 cm³/mol. The van der Waals surface area contributed by atoms with E-state index in [-0.39, 0.29) is 6.03 Å². The van der Waals surface area contributed by atoms with E-state index in [0.29, 0.717) is 25.6 Å². The number of hydrogen-bond acceptors (Lipinski definition) is 3. The Kier molecular flexibility index (Phi) is 5.46. The van der Waals surface area contributed by atoms with Crippen molar-refractivity contribution in [3.05, 3.63) is 47.5 Å². The average molecular weight is 327 g/mol. The summed E-state index contributed by atoms with van der Waals surface area (Å²) >= 11 is 0. The number of urea groups is 1. The molecule has 0 radical (unpaired) electrons. The van der Waals surface area contributed by atoms with Crippen molar-refractivity contribution < 1.29 is 4.79 Å². The van der Waals surface area contributed by atoms with Gasteiger partial charge in [-0.15, -0.1) is 10.2 Å². The minimum Gasteiger partial charge on any atom is -0.338 e. The first-order chi connectivity index (χ1) is 11.8. The molecule has 0 spiro atoms. The van der Waals surface area contributed by atoms with Crippen molar-refractivity contribution in [2.45, 2.75) is 45.1 Å². The van der Waals surface area contributed by atoms with Crippen molar-refractivity contribution in [3.8, 4) is 0 Å². The highest BCUT2D eigenvalue weighted by molar-refractivity contribution is 5.73. The smallest absolute Gasteiger partial charge is 0.314 e. The fourth-order valence-electron chi connectivity index (χ4n) is 3.40. The minimum atomic E-state index is -0.104. The highest BCUT2D eigenvalue weighted by Crippen LogP contribution is 2.34. The van der Waals surface area contributed by atoms with Gasteiger partial charge in [-0.3, -0.25) is 0 Å². The molecule has 0 bridgehead atoms. The van der Waals surface area contributed by atoms with Crippen LogP contribution in [0.2, 0.25) is 0 Å². The van der Waals surface area contributed by atoms with Crippen LogP contribution in [-0.2, 0) is 19.4 Å². The number of aryl methyl sites for hydroxylation is 2. The topological polar surface area (TPSA) is 71.8 Å². The van der Waals surface area contributed by atoms with Crippen LogP contribution in [0.4, 0.5) is 4.79 Å². The van der Waals surface area contributed by atoms with Crippen LogP contribution in [0.1, 0.15) is 42.6 Å². The van der Waals surface area contributed by atoms with Crippen LogP contribution in [0.25, 0.3) is 0 Å². The van der Waals surface area contributed by atoms with E-state index in [2.05, 4.69) is 45.1 Å². The Balaban J connectivity index is 1.35. The van der Waals surface area contributed by atoms with Crippen LogP contribution >= 0.6 is 0 Å². The summed E-state index contributed by atoms with van der Waals surface area (Å²) in [5, 5.41) is 13.8. The SMILES string of the molecule is CCc1nncn1CCNC(=O)NCC[C@H]1CCc2ccccc21. The van der Waals surface area contributed by atoms with E-state index < -0.39 is 0 Å². The number of carbonyl (C=O) groups is 1. The highest BCUT2D eigenvalue weighted by atomic mass is 16.2. The van der Waals surface area contributed by atoms with Gasteiger partial charge in [-0.25, -0.2) is 4.79 Å². The van der Waals surface area contributed by atoms with E-state index in [1.807, 2.05) is 11.5 Å². The molecule has 1 atom stereocenters. The molecule has 0 saturated carbocycles. The first-order valence-corrected chi connectivity index (χ1v) is 8.74. The zero-order chi connectivity index (χ0) is 16.8. The van der Waals surface area contributed by atoms with Crippen molar-refractivity contribution in [2.24, 2.45) is 0 Å². The molecular weight excluding hydrogens is 302 g/mol. The van der Waals surface area contributed by atoms with Gasteiger partial charge < -0.3 is 15.2 Å². The second-order valence-electron chi connectivity index (χ2n) is 6.20. The van der Waals surface area contributed by atoms with Crippen LogP contribution in [0.5, 0.6) is 0 Å². The van der Waals surface area contributed by atoms with Crippen molar-refractivity contribution >= 4 is 6.03 Å².